The van der Waals surface area contributed by atoms with Crippen LogP contribution in [0.2, 0.25) is 0 Å². The summed E-state index contributed by atoms with van der Waals surface area (Å²) in [6.45, 7) is 0. The lowest BCUT2D eigenvalue weighted by molar-refractivity contribution is -0.149. The Hall–Kier alpha value is -3.40. The summed E-state index contributed by atoms with van der Waals surface area (Å²) < 4.78 is 26.9. The van der Waals surface area contributed by atoms with Crippen LogP contribution in [0.25, 0.3) is 0 Å². The molecule has 0 aliphatic carbocycles. The van der Waals surface area contributed by atoms with E-state index in [1.54, 1.807) is 0 Å². The molecule has 10 heteroatoms. The van der Waals surface area contributed by atoms with Crippen LogP contribution in [-0.2, 0) is 9.59 Å². The summed E-state index contributed by atoms with van der Waals surface area (Å²) in [6.07, 6.45) is 0. The highest BCUT2D eigenvalue weighted by Crippen LogP contribution is 2.48. The largest absolute Gasteiger partial charge is 0.330 e. The van der Waals surface area contributed by atoms with E-state index in [0.29, 0.717) is 11.1 Å². The Morgan fingerprint density at radius 1 is 0.724 bits per heavy atom. The van der Waals surface area contributed by atoms with Crippen LogP contribution in [0.1, 0.15) is 23.2 Å². The molecule has 2 aromatic carbocycles. The summed E-state index contributed by atoms with van der Waals surface area (Å²) in [5, 5.41) is 9.86. The molecule has 2 atom stereocenters. The minimum atomic E-state index is -1.91. The Morgan fingerprint density at radius 3 is 1.48 bits per heavy atom. The average molecular weight is 416 g/mol. The number of halogens is 2. The van der Waals surface area contributed by atoms with Crippen molar-refractivity contribution in [1.82, 2.24) is 21.3 Å². The highest BCUT2D eigenvalue weighted by atomic mass is 32.1. The molecule has 2 aliphatic heterocycles. The summed E-state index contributed by atoms with van der Waals surface area (Å²) >= 11 is 4.91. The summed E-state index contributed by atoms with van der Waals surface area (Å²) in [4.78, 5) is 38.8. The number of nitrogens with one attached hydrogen (secondary N) is 4. The molecule has 0 radical (unpaired) electrons. The predicted octanol–water partition coefficient (Wildman–Crippen LogP) is 1.58. The van der Waals surface area contributed by atoms with Gasteiger partial charge in [0, 0.05) is 0 Å². The van der Waals surface area contributed by atoms with Crippen LogP contribution < -0.4 is 21.3 Å². The van der Waals surface area contributed by atoms with Crippen LogP contribution in [0.4, 0.5) is 13.6 Å². The van der Waals surface area contributed by atoms with E-state index in [-0.39, 0.29) is 5.11 Å². The molecule has 1 spiro atoms. The lowest BCUT2D eigenvalue weighted by atomic mass is 9.65. The first-order valence-electron chi connectivity index (χ1n) is 8.57. The van der Waals surface area contributed by atoms with E-state index < -0.39 is 47.0 Å². The van der Waals surface area contributed by atoms with Crippen LogP contribution in [0.15, 0.2) is 48.5 Å². The first-order valence-corrected chi connectivity index (χ1v) is 8.98. The molecule has 2 saturated heterocycles. The van der Waals surface area contributed by atoms with E-state index in [0.717, 1.165) is 24.3 Å². The second-order valence-electron chi connectivity index (χ2n) is 6.69. The van der Waals surface area contributed by atoms with Crippen LogP contribution in [0.5, 0.6) is 0 Å². The second kappa shape index (κ2) is 6.89. The third kappa shape index (κ3) is 3.01. The maximum atomic E-state index is 13.4. The van der Waals surface area contributed by atoms with Crippen molar-refractivity contribution in [3.63, 3.8) is 0 Å². The summed E-state index contributed by atoms with van der Waals surface area (Å²) in [7, 11) is 0. The highest BCUT2D eigenvalue weighted by molar-refractivity contribution is 7.80. The molecule has 7 nitrogen and oxygen atoms in total. The first kappa shape index (κ1) is 18.9. The zero-order chi connectivity index (χ0) is 20.8. The van der Waals surface area contributed by atoms with Gasteiger partial charge in [-0.25, -0.2) is 13.6 Å². The van der Waals surface area contributed by atoms with Gasteiger partial charge in [-0.1, -0.05) is 24.3 Å². The van der Waals surface area contributed by atoms with Gasteiger partial charge in [0.1, 0.15) is 11.6 Å². The molecule has 2 fully saturated rings. The fourth-order valence-electron chi connectivity index (χ4n) is 3.77. The maximum Gasteiger partial charge on any atom is 0.315 e. The molecular weight excluding hydrogens is 402 g/mol. The van der Waals surface area contributed by atoms with Crippen molar-refractivity contribution in [2.75, 3.05) is 0 Å². The molecule has 0 bridgehead atoms. The lowest BCUT2D eigenvalue weighted by Crippen LogP contribution is -2.73. The number of carbonyl (C=O) groups excluding carboxylic acids is 3. The molecule has 4 rings (SSSR count). The molecule has 2 heterocycles. The monoisotopic (exact) mass is 416 g/mol. The Balaban J connectivity index is 1.93. The van der Waals surface area contributed by atoms with Gasteiger partial charge in [-0.3, -0.25) is 9.59 Å². The number of amides is 4. The van der Waals surface area contributed by atoms with Crippen LogP contribution in [0, 0.1) is 17.0 Å². The van der Waals surface area contributed by atoms with Gasteiger partial charge in [0.2, 0.25) is 11.8 Å². The fourth-order valence-corrected chi connectivity index (χ4v) is 3.96. The molecule has 29 heavy (non-hydrogen) atoms. The van der Waals surface area contributed by atoms with Gasteiger partial charge in [0.05, 0.1) is 12.1 Å². The number of rotatable bonds is 2. The molecular formula is C19H14F2N4O3S. The molecule has 2 aliphatic rings. The topological polar surface area (TPSA) is 99.3 Å². The SMILES string of the molecule is O=C1N[C@H](c2ccc(F)cc2)C2(C(=O)NC(=S)NC2=O)[C@@H](c2ccc(F)cc2)N1. The lowest BCUT2D eigenvalue weighted by Gasteiger charge is -2.49. The Kier molecular flexibility index (Phi) is 4.50. The van der Waals surface area contributed by atoms with Gasteiger partial charge in [-0.05, 0) is 47.6 Å². The predicted molar refractivity (Wildman–Crippen MR) is 101 cm³/mol. The quantitative estimate of drug-likeness (QED) is 0.441. The average Bonchev–Trinajstić information content (AvgIpc) is 2.67. The van der Waals surface area contributed by atoms with Gasteiger partial charge in [0.25, 0.3) is 0 Å². The van der Waals surface area contributed by atoms with Gasteiger partial charge in [-0.15, -0.1) is 0 Å². The van der Waals surface area contributed by atoms with Gasteiger partial charge >= 0.3 is 6.03 Å². The van der Waals surface area contributed by atoms with Crippen LogP contribution in [-0.4, -0.2) is 23.0 Å². The van der Waals surface area contributed by atoms with Crippen LogP contribution >= 0.6 is 12.2 Å². The molecule has 0 saturated carbocycles. The minimum Gasteiger partial charge on any atom is -0.330 e. The maximum absolute atomic E-state index is 13.4. The van der Waals surface area contributed by atoms with Crippen LogP contribution in [0.3, 0.4) is 0 Å². The van der Waals surface area contributed by atoms with E-state index in [2.05, 4.69) is 21.3 Å². The van der Waals surface area contributed by atoms with Crippen molar-refractivity contribution < 1.29 is 23.2 Å². The van der Waals surface area contributed by atoms with E-state index in [4.69, 9.17) is 12.2 Å². The molecule has 0 unspecified atom stereocenters. The highest BCUT2D eigenvalue weighted by Gasteiger charge is 2.63. The molecule has 4 N–H and O–H groups in total. The number of hydrogen-bond donors (Lipinski definition) is 4. The van der Waals surface area contributed by atoms with Crippen molar-refractivity contribution in [3.05, 3.63) is 71.3 Å². The summed E-state index contributed by atoms with van der Waals surface area (Å²) in [5.74, 6) is -2.53. The van der Waals surface area contributed by atoms with Gasteiger partial charge in [-0.2, -0.15) is 0 Å². The smallest absolute Gasteiger partial charge is 0.315 e. The zero-order valence-electron chi connectivity index (χ0n) is 14.7. The normalized spacial score (nSPS) is 23.1. The second-order valence-corrected chi connectivity index (χ2v) is 7.10. The molecule has 148 valence electrons. The summed E-state index contributed by atoms with van der Waals surface area (Å²) in [6, 6.07) is 7.22. The zero-order valence-corrected chi connectivity index (χ0v) is 15.5. The van der Waals surface area contributed by atoms with Gasteiger partial charge in [0.15, 0.2) is 10.5 Å². The van der Waals surface area contributed by atoms with E-state index >= 15 is 0 Å². The fraction of sp³-hybridized carbons (Fsp3) is 0.158. The van der Waals surface area contributed by atoms with Gasteiger partial charge < -0.3 is 21.3 Å². The number of urea groups is 1. The number of carbonyl (C=O) groups is 3. The molecule has 4 amide bonds. The third-order valence-corrected chi connectivity index (χ3v) is 5.28. The standard InChI is InChI=1S/C19H14F2N4O3S/c20-11-5-1-9(2-6-11)13-19(15(26)24-18(29)25-16(19)27)14(23-17(28)22-13)10-3-7-12(21)8-4-10/h1-8,13-14H,(H2,22,23,28)(H2,24,25,26,27,29)/t13-,14-/m1/s1. The number of benzene rings is 2. The van der Waals surface area contributed by atoms with Crippen molar-refractivity contribution in [2.45, 2.75) is 12.1 Å². The first-order chi connectivity index (χ1) is 13.8. The Labute approximate surface area is 168 Å². The van der Waals surface area contributed by atoms with Crippen molar-refractivity contribution in [3.8, 4) is 0 Å². The Bertz CT molecular complexity index is 947. The Morgan fingerprint density at radius 2 is 1.10 bits per heavy atom. The molecule has 2 aromatic rings. The minimum absolute atomic E-state index is 0.168. The van der Waals surface area contributed by atoms with Crippen molar-refractivity contribution >= 4 is 35.2 Å². The van der Waals surface area contributed by atoms with Crippen molar-refractivity contribution in [2.24, 2.45) is 5.41 Å². The number of thiocarbonyl (C=S) groups is 1. The van der Waals surface area contributed by atoms with E-state index in [9.17, 15) is 23.2 Å². The molecule has 0 aromatic heterocycles. The third-order valence-electron chi connectivity index (χ3n) is 5.07. The number of hydrogen-bond acceptors (Lipinski definition) is 4. The van der Waals surface area contributed by atoms with Crippen molar-refractivity contribution in [1.29, 1.82) is 0 Å². The van der Waals surface area contributed by atoms with E-state index in [1.807, 2.05) is 0 Å². The van der Waals surface area contributed by atoms with E-state index in [1.165, 1.54) is 24.3 Å². The summed E-state index contributed by atoms with van der Waals surface area (Å²) in [5.41, 5.74) is -1.23.